The molecule has 0 N–H and O–H groups in total. The summed E-state index contributed by atoms with van der Waals surface area (Å²) in [4.78, 5) is 0. The van der Waals surface area contributed by atoms with Crippen molar-refractivity contribution in [3.8, 4) is 0 Å². The van der Waals surface area contributed by atoms with E-state index in [1.165, 1.54) is 89.9 Å². The van der Waals surface area contributed by atoms with Crippen LogP contribution in [0.15, 0.2) is 0 Å². The summed E-state index contributed by atoms with van der Waals surface area (Å²) in [5.41, 5.74) is 0.306. The Bertz CT molecular complexity index is 391. The predicted molar refractivity (Wildman–Crippen MR) is 109 cm³/mol. The fourth-order valence-electron chi connectivity index (χ4n) is 5.44. The van der Waals surface area contributed by atoms with E-state index in [1.54, 1.807) is 0 Å². The lowest BCUT2D eigenvalue weighted by Gasteiger charge is -2.33. The highest BCUT2D eigenvalue weighted by Gasteiger charge is 2.35. The van der Waals surface area contributed by atoms with Gasteiger partial charge >= 0.3 is 0 Å². The number of rotatable bonds is 3. The number of ether oxygens (including phenoxy) is 2. The van der Waals surface area contributed by atoms with E-state index >= 15 is 0 Å². The minimum atomic E-state index is 0.0205. The Balaban J connectivity index is 1.80. The van der Waals surface area contributed by atoms with Crippen molar-refractivity contribution in [2.24, 2.45) is 17.3 Å². The topological polar surface area (TPSA) is 18.5 Å². The Morgan fingerprint density at radius 2 is 1.42 bits per heavy atom. The molecule has 4 bridgehead atoms. The van der Waals surface area contributed by atoms with Gasteiger partial charge in [-0.2, -0.15) is 0 Å². The highest BCUT2D eigenvalue weighted by molar-refractivity contribution is 4.81. The molecule has 0 aromatic heterocycles. The maximum atomic E-state index is 6.74. The van der Waals surface area contributed by atoms with Crippen LogP contribution in [0.3, 0.4) is 0 Å². The van der Waals surface area contributed by atoms with Gasteiger partial charge in [0.2, 0.25) is 0 Å². The molecule has 1 saturated heterocycles. The van der Waals surface area contributed by atoms with Crippen molar-refractivity contribution in [3.63, 3.8) is 0 Å². The average molecular weight is 365 g/mol. The van der Waals surface area contributed by atoms with Crippen LogP contribution >= 0.6 is 0 Å². The first kappa shape index (κ1) is 20.6. The Kier molecular flexibility index (Phi) is 7.88. The summed E-state index contributed by atoms with van der Waals surface area (Å²) >= 11 is 0. The van der Waals surface area contributed by atoms with Crippen molar-refractivity contribution in [2.75, 3.05) is 0 Å². The number of hydrogen-bond donors (Lipinski definition) is 0. The lowest BCUT2D eigenvalue weighted by molar-refractivity contribution is -0.200. The molecule has 1 aliphatic heterocycles. The normalized spacial score (nSPS) is 37.7. The van der Waals surface area contributed by atoms with Crippen LogP contribution in [0.1, 0.15) is 117 Å². The fraction of sp³-hybridized carbons (Fsp3) is 1.00. The Hall–Kier alpha value is -0.0800. The van der Waals surface area contributed by atoms with Crippen LogP contribution in [0.5, 0.6) is 0 Å². The predicted octanol–water partition coefficient (Wildman–Crippen LogP) is 7.25. The van der Waals surface area contributed by atoms with Gasteiger partial charge in [0, 0.05) is 6.42 Å². The zero-order valence-electron chi connectivity index (χ0n) is 17.8. The summed E-state index contributed by atoms with van der Waals surface area (Å²) < 4.78 is 13.4. The lowest BCUT2D eigenvalue weighted by atomic mass is 9.82. The molecular weight excluding hydrogens is 320 g/mol. The first-order chi connectivity index (χ1) is 12.6. The van der Waals surface area contributed by atoms with Gasteiger partial charge < -0.3 is 9.47 Å². The molecule has 2 heteroatoms. The quantitative estimate of drug-likeness (QED) is 0.525. The minimum Gasteiger partial charge on any atom is -0.349 e. The molecule has 1 heterocycles. The van der Waals surface area contributed by atoms with E-state index < -0.39 is 0 Å². The Labute approximate surface area is 162 Å². The van der Waals surface area contributed by atoms with Gasteiger partial charge in [-0.25, -0.2) is 0 Å². The van der Waals surface area contributed by atoms with Gasteiger partial charge in [-0.05, 0) is 49.4 Å². The first-order valence-electron chi connectivity index (χ1n) is 11.9. The minimum absolute atomic E-state index is 0.0205. The highest BCUT2D eigenvalue weighted by Crippen LogP contribution is 2.38. The second kappa shape index (κ2) is 9.92. The van der Waals surface area contributed by atoms with Gasteiger partial charge in [-0.3, -0.25) is 0 Å². The molecule has 0 aromatic rings. The number of hydrogen-bond acceptors (Lipinski definition) is 2. The smallest absolute Gasteiger partial charge is 0.158 e. The second-order valence-electron chi connectivity index (χ2n) is 10.3. The molecule has 0 aromatic carbocycles. The summed E-state index contributed by atoms with van der Waals surface area (Å²) in [6.45, 7) is 7.05. The standard InChI is InChI=1S/C24H44O2/c1-4-24(2,3)18-23-25-21-15-16-22(26-23)20-13-9-5-7-11-19(17-21)12-8-6-10-14-20/h19-23H,4-18H2,1-3H3. The monoisotopic (exact) mass is 364 g/mol. The average Bonchev–Trinajstić information content (AvgIpc) is 2.76. The lowest BCUT2D eigenvalue weighted by Crippen LogP contribution is -2.32. The van der Waals surface area contributed by atoms with E-state index in [-0.39, 0.29) is 6.29 Å². The molecular formula is C24H44O2. The van der Waals surface area contributed by atoms with E-state index in [1.807, 2.05) is 0 Å². The summed E-state index contributed by atoms with van der Waals surface area (Å²) in [5, 5.41) is 0. The van der Waals surface area contributed by atoms with Crippen molar-refractivity contribution in [2.45, 2.75) is 136 Å². The molecule has 3 unspecified atom stereocenters. The first-order valence-corrected chi connectivity index (χ1v) is 11.9. The van der Waals surface area contributed by atoms with Crippen LogP contribution in [-0.2, 0) is 9.47 Å². The molecule has 0 radical (unpaired) electrons. The fourth-order valence-corrected chi connectivity index (χ4v) is 5.44. The third-order valence-electron chi connectivity index (χ3n) is 7.62. The van der Waals surface area contributed by atoms with Crippen molar-refractivity contribution in [1.29, 1.82) is 0 Å². The van der Waals surface area contributed by atoms with Crippen molar-refractivity contribution >= 4 is 0 Å². The molecule has 3 aliphatic carbocycles. The van der Waals surface area contributed by atoms with Gasteiger partial charge in [-0.15, -0.1) is 0 Å². The van der Waals surface area contributed by atoms with Crippen LogP contribution in [0, 0.1) is 17.3 Å². The van der Waals surface area contributed by atoms with E-state index in [2.05, 4.69) is 20.8 Å². The summed E-state index contributed by atoms with van der Waals surface area (Å²) in [6, 6.07) is 0. The second-order valence-corrected chi connectivity index (χ2v) is 10.3. The van der Waals surface area contributed by atoms with E-state index in [4.69, 9.17) is 9.47 Å². The van der Waals surface area contributed by atoms with Gasteiger partial charge in [0.15, 0.2) is 6.29 Å². The third-order valence-corrected chi connectivity index (χ3v) is 7.62. The molecule has 4 rings (SSSR count). The van der Waals surface area contributed by atoms with Crippen LogP contribution in [0.4, 0.5) is 0 Å². The number of fused-ring (bicyclic) bond motifs is 8. The molecule has 0 amide bonds. The summed E-state index contributed by atoms with van der Waals surface area (Å²) in [7, 11) is 0. The highest BCUT2D eigenvalue weighted by atomic mass is 16.7. The summed E-state index contributed by atoms with van der Waals surface area (Å²) in [5.74, 6) is 1.64. The molecule has 4 fully saturated rings. The molecule has 2 nitrogen and oxygen atoms in total. The molecule has 3 atom stereocenters. The van der Waals surface area contributed by atoms with Crippen LogP contribution in [0.2, 0.25) is 0 Å². The van der Waals surface area contributed by atoms with Crippen LogP contribution in [-0.4, -0.2) is 18.5 Å². The van der Waals surface area contributed by atoms with Crippen molar-refractivity contribution in [3.05, 3.63) is 0 Å². The molecule has 152 valence electrons. The zero-order valence-corrected chi connectivity index (χ0v) is 17.8. The molecule has 3 saturated carbocycles. The van der Waals surface area contributed by atoms with Crippen LogP contribution in [0.25, 0.3) is 0 Å². The van der Waals surface area contributed by atoms with E-state index in [0.717, 1.165) is 18.3 Å². The van der Waals surface area contributed by atoms with Gasteiger partial charge in [0.1, 0.15) is 0 Å². The maximum Gasteiger partial charge on any atom is 0.158 e. The Morgan fingerprint density at radius 1 is 0.769 bits per heavy atom. The van der Waals surface area contributed by atoms with Gasteiger partial charge in [0.05, 0.1) is 12.2 Å². The molecule has 0 spiro atoms. The van der Waals surface area contributed by atoms with Gasteiger partial charge in [0.25, 0.3) is 0 Å². The Morgan fingerprint density at radius 3 is 2.08 bits per heavy atom. The van der Waals surface area contributed by atoms with E-state index in [9.17, 15) is 0 Å². The maximum absolute atomic E-state index is 6.74. The zero-order chi connectivity index (χ0) is 18.4. The van der Waals surface area contributed by atoms with Crippen LogP contribution < -0.4 is 0 Å². The van der Waals surface area contributed by atoms with Crippen molar-refractivity contribution < 1.29 is 9.47 Å². The third kappa shape index (κ3) is 6.23. The summed E-state index contributed by atoms with van der Waals surface area (Å²) in [6.07, 6.45) is 21.0. The van der Waals surface area contributed by atoms with E-state index in [0.29, 0.717) is 17.6 Å². The SMILES string of the molecule is CCC(C)(C)CC1OC2CCC(O1)C1CCCCCC(CCCCC1)C2. The van der Waals surface area contributed by atoms with Gasteiger partial charge in [-0.1, -0.05) is 78.6 Å². The molecule has 26 heavy (non-hydrogen) atoms. The molecule has 4 aliphatic rings. The van der Waals surface area contributed by atoms with Crippen molar-refractivity contribution in [1.82, 2.24) is 0 Å². The largest absolute Gasteiger partial charge is 0.349 e.